The van der Waals surface area contributed by atoms with Crippen molar-refractivity contribution in [3.05, 3.63) is 30.3 Å². The van der Waals surface area contributed by atoms with Gasteiger partial charge in [0.15, 0.2) is 9.84 Å². The van der Waals surface area contributed by atoms with Gasteiger partial charge in [-0.2, -0.15) is 0 Å². The van der Waals surface area contributed by atoms with Gasteiger partial charge in [0.1, 0.15) is 0 Å². The van der Waals surface area contributed by atoms with E-state index in [2.05, 4.69) is 22.2 Å². The molecule has 0 radical (unpaired) electrons. The first-order chi connectivity index (χ1) is 12.8. The zero-order valence-electron chi connectivity index (χ0n) is 16.6. The Morgan fingerprint density at radius 1 is 1.15 bits per heavy atom. The number of rotatable bonds is 8. The molecular weight excluding hydrogens is 364 g/mol. The van der Waals surface area contributed by atoms with Crippen LogP contribution in [0.5, 0.6) is 0 Å². The molecule has 8 heteroatoms. The van der Waals surface area contributed by atoms with Gasteiger partial charge in [-0.1, -0.05) is 18.2 Å². The summed E-state index contributed by atoms with van der Waals surface area (Å²) < 4.78 is 24.9. The first-order valence-electron chi connectivity index (χ1n) is 9.53. The van der Waals surface area contributed by atoms with E-state index in [0.717, 1.165) is 32.7 Å². The van der Waals surface area contributed by atoms with Gasteiger partial charge in [0.25, 0.3) is 0 Å². The van der Waals surface area contributed by atoms with Crippen molar-refractivity contribution >= 4 is 15.9 Å². The smallest absolute Gasteiger partial charge is 0.317 e. The Kier molecular flexibility index (Phi) is 8.07. The summed E-state index contributed by atoms with van der Waals surface area (Å²) in [6.45, 7) is 9.46. The van der Waals surface area contributed by atoms with E-state index in [-0.39, 0.29) is 24.4 Å². The van der Waals surface area contributed by atoms with E-state index in [1.165, 1.54) is 0 Å². The quantitative estimate of drug-likeness (QED) is 0.713. The highest BCUT2D eigenvalue weighted by atomic mass is 32.2. The summed E-state index contributed by atoms with van der Waals surface area (Å²) in [5.41, 5.74) is 0. The van der Waals surface area contributed by atoms with Crippen LogP contribution in [-0.2, 0) is 9.84 Å². The van der Waals surface area contributed by atoms with Crippen LogP contribution in [0.15, 0.2) is 35.2 Å². The fourth-order valence-electron chi connectivity index (χ4n) is 3.05. The van der Waals surface area contributed by atoms with Crippen molar-refractivity contribution in [2.24, 2.45) is 0 Å². The van der Waals surface area contributed by atoms with E-state index in [4.69, 9.17) is 0 Å². The van der Waals surface area contributed by atoms with Gasteiger partial charge in [0.2, 0.25) is 0 Å². The molecule has 0 aliphatic carbocycles. The number of piperazine rings is 1. The normalized spacial score (nSPS) is 16.4. The molecule has 1 aromatic rings. The third-order valence-electron chi connectivity index (χ3n) is 4.89. The van der Waals surface area contributed by atoms with Crippen LogP contribution in [0.1, 0.15) is 13.8 Å². The highest BCUT2D eigenvalue weighted by Crippen LogP contribution is 2.11. The van der Waals surface area contributed by atoms with E-state index in [1.807, 2.05) is 13.8 Å². The number of hydrogen-bond acceptors (Lipinski definition) is 5. The molecule has 7 nitrogen and oxygen atoms in total. The lowest BCUT2D eigenvalue weighted by Gasteiger charge is -2.32. The van der Waals surface area contributed by atoms with E-state index >= 15 is 0 Å². The van der Waals surface area contributed by atoms with Gasteiger partial charge in [0, 0.05) is 51.9 Å². The van der Waals surface area contributed by atoms with Crippen molar-refractivity contribution in [1.29, 1.82) is 0 Å². The third kappa shape index (κ3) is 6.79. The minimum atomic E-state index is -3.40. The molecular formula is C19H32N4O3S. The second-order valence-electron chi connectivity index (χ2n) is 7.30. The predicted molar refractivity (Wildman–Crippen MR) is 108 cm³/mol. The zero-order chi connectivity index (χ0) is 19.9. The van der Waals surface area contributed by atoms with Crippen molar-refractivity contribution in [2.45, 2.75) is 24.8 Å². The lowest BCUT2D eigenvalue weighted by Crippen LogP contribution is -2.50. The molecule has 1 heterocycles. The lowest BCUT2D eigenvalue weighted by molar-refractivity contribution is 0.151. The van der Waals surface area contributed by atoms with Gasteiger partial charge in [-0.05, 0) is 33.0 Å². The maximum Gasteiger partial charge on any atom is 0.317 e. The highest BCUT2D eigenvalue weighted by molar-refractivity contribution is 7.91. The summed E-state index contributed by atoms with van der Waals surface area (Å²) in [7, 11) is -1.29. The highest BCUT2D eigenvalue weighted by Gasteiger charge is 2.22. The zero-order valence-corrected chi connectivity index (χ0v) is 17.4. The van der Waals surface area contributed by atoms with Crippen LogP contribution in [-0.4, -0.2) is 93.8 Å². The van der Waals surface area contributed by atoms with Gasteiger partial charge in [-0.3, -0.25) is 4.90 Å². The Labute approximate surface area is 163 Å². The Balaban J connectivity index is 1.82. The Morgan fingerprint density at radius 2 is 1.78 bits per heavy atom. The molecule has 0 spiro atoms. The van der Waals surface area contributed by atoms with Crippen molar-refractivity contribution in [3.8, 4) is 0 Å². The first-order valence-corrected chi connectivity index (χ1v) is 11.2. The fourth-order valence-corrected chi connectivity index (χ4v) is 4.30. The molecule has 1 fully saturated rings. The third-order valence-corrected chi connectivity index (χ3v) is 6.60. The molecule has 27 heavy (non-hydrogen) atoms. The maximum atomic E-state index is 12.5. The molecule has 0 atom stereocenters. The average Bonchev–Trinajstić information content (AvgIpc) is 2.64. The van der Waals surface area contributed by atoms with E-state index < -0.39 is 9.84 Å². The minimum Gasteiger partial charge on any atom is -0.337 e. The number of carbonyl (C=O) groups excluding carboxylic acids is 1. The van der Waals surface area contributed by atoms with Crippen LogP contribution in [0.3, 0.4) is 0 Å². The average molecular weight is 397 g/mol. The summed E-state index contributed by atoms with van der Waals surface area (Å²) in [5.74, 6) is -0.0823. The number of likely N-dealkylation sites (N-methyl/N-ethyl adjacent to an activating group) is 1. The SMILES string of the molecule is CC(C)N(CCS(=O)(=O)c1ccccc1)C(=O)NCCN1CCN(C)CC1. The van der Waals surface area contributed by atoms with Gasteiger partial charge in [0.05, 0.1) is 10.6 Å². The van der Waals surface area contributed by atoms with Gasteiger partial charge in [-0.15, -0.1) is 0 Å². The molecule has 1 aliphatic rings. The second-order valence-corrected chi connectivity index (χ2v) is 9.41. The second kappa shape index (κ2) is 10.1. The number of sulfone groups is 1. The summed E-state index contributed by atoms with van der Waals surface area (Å²) >= 11 is 0. The molecule has 0 unspecified atom stereocenters. The number of benzene rings is 1. The Bertz CT molecular complexity index is 686. The molecule has 0 saturated carbocycles. The standard InChI is InChI=1S/C19H32N4O3S/c1-17(2)23(15-16-27(25,26)18-7-5-4-6-8-18)19(24)20-9-10-22-13-11-21(3)12-14-22/h4-8,17H,9-16H2,1-3H3,(H,20,24). The molecule has 0 aromatic heterocycles. The largest absolute Gasteiger partial charge is 0.337 e. The van der Waals surface area contributed by atoms with Crippen LogP contribution >= 0.6 is 0 Å². The molecule has 152 valence electrons. The summed E-state index contributed by atoms with van der Waals surface area (Å²) in [6.07, 6.45) is 0. The van der Waals surface area contributed by atoms with Crippen LogP contribution in [0.2, 0.25) is 0 Å². The van der Waals surface area contributed by atoms with Crippen LogP contribution in [0, 0.1) is 0 Å². The lowest BCUT2D eigenvalue weighted by atomic mass is 10.3. The Hall–Kier alpha value is -1.64. The van der Waals surface area contributed by atoms with Crippen molar-refractivity contribution < 1.29 is 13.2 Å². The van der Waals surface area contributed by atoms with E-state index in [9.17, 15) is 13.2 Å². The van der Waals surface area contributed by atoms with Gasteiger partial charge < -0.3 is 15.1 Å². The topological polar surface area (TPSA) is 73.0 Å². The number of hydrogen-bond donors (Lipinski definition) is 1. The van der Waals surface area contributed by atoms with Crippen molar-refractivity contribution in [1.82, 2.24) is 20.0 Å². The van der Waals surface area contributed by atoms with Crippen molar-refractivity contribution in [2.75, 3.05) is 58.6 Å². The van der Waals surface area contributed by atoms with Crippen molar-refractivity contribution in [3.63, 3.8) is 0 Å². The number of nitrogens with one attached hydrogen (secondary N) is 1. The van der Waals surface area contributed by atoms with Crippen LogP contribution < -0.4 is 5.32 Å². The molecule has 1 N–H and O–H groups in total. The van der Waals surface area contributed by atoms with E-state index in [1.54, 1.807) is 35.2 Å². The van der Waals surface area contributed by atoms with Gasteiger partial charge >= 0.3 is 6.03 Å². The Morgan fingerprint density at radius 3 is 2.37 bits per heavy atom. The first kappa shape index (κ1) is 21.7. The summed E-state index contributed by atoms with van der Waals surface area (Å²) in [4.78, 5) is 19.0. The molecule has 1 aliphatic heterocycles. The number of urea groups is 1. The fraction of sp³-hybridized carbons (Fsp3) is 0.632. The molecule has 1 aromatic carbocycles. The van der Waals surface area contributed by atoms with Gasteiger partial charge in [-0.25, -0.2) is 13.2 Å². The predicted octanol–water partition coefficient (Wildman–Crippen LogP) is 1.13. The number of amides is 2. The van der Waals surface area contributed by atoms with E-state index in [0.29, 0.717) is 11.4 Å². The summed E-state index contributed by atoms with van der Waals surface area (Å²) in [5, 5.41) is 2.94. The minimum absolute atomic E-state index is 0.0698. The van der Waals surface area contributed by atoms with Crippen LogP contribution in [0.25, 0.3) is 0 Å². The molecule has 0 bridgehead atoms. The van der Waals surface area contributed by atoms with Crippen LogP contribution in [0.4, 0.5) is 4.79 Å². The molecule has 2 rings (SSSR count). The molecule has 1 saturated heterocycles. The molecule has 2 amide bonds. The number of carbonyl (C=O) groups is 1. The monoisotopic (exact) mass is 396 g/mol. The number of nitrogens with zero attached hydrogens (tertiary/aromatic N) is 3. The maximum absolute atomic E-state index is 12.5. The summed E-state index contributed by atoms with van der Waals surface area (Å²) in [6, 6.07) is 8.10.